The van der Waals surface area contributed by atoms with Gasteiger partial charge in [0.2, 0.25) is 5.91 Å². The van der Waals surface area contributed by atoms with Gasteiger partial charge in [-0.05, 0) is 31.1 Å². The van der Waals surface area contributed by atoms with Crippen LogP contribution < -0.4 is 5.32 Å². The minimum atomic E-state index is -0.0627. The summed E-state index contributed by atoms with van der Waals surface area (Å²) < 4.78 is 4.87. The molecule has 2 aliphatic rings. The summed E-state index contributed by atoms with van der Waals surface area (Å²) in [6.07, 6.45) is 8.54. The Hall–Kier alpha value is -2.02. The molecule has 1 atom stereocenters. The number of methoxy groups -OCH3 is 1. The molecule has 1 aromatic rings. The van der Waals surface area contributed by atoms with Crippen LogP contribution >= 0.6 is 0 Å². The number of ether oxygens (including phenoxy) is 1. The van der Waals surface area contributed by atoms with E-state index in [1.165, 1.54) is 19.5 Å². The highest BCUT2D eigenvalue weighted by Gasteiger charge is 2.49. The molecule has 1 saturated heterocycles. The SMILES string of the molecule is COCC(=O)NC1CCC12CCN(C(=O)c1cnccn1)CC2. The maximum atomic E-state index is 12.4. The number of aromatic nitrogens is 2. The molecule has 2 heterocycles. The Morgan fingerprint density at radius 2 is 2.13 bits per heavy atom. The van der Waals surface area contributed by atoms with E-state index in [9.17, 15) is 9.59 Å². The molecule has 3 rings (SSSR count). The maximum Gasteiger partial charge on any atom is 0.274 e. The highest BCUT2D eigenvalue weighted by atomic mass is 16.5. The predicted molar refractivity (Wildman–Crippen MR) is 82.6 cm³/mol. The Bertz CT molecular complexity index is 570. The molecule has 1 spiro atoms. The van der Waals surface area contributed by atoms with Crippen molar-refractivity contribution in [3.63, 3.8) is 0 Å². The third-order valence-electron chi connectivity index (χ3n) is 5.11. The number of rotatable bonds is 4. The fraction of sp³-hybridized carbons (Fsp3) is 0.625. The van der Waals surface area contributed by atoms with Crippen molar-refractivity contribution in [2.75, 3.05) is 26.8 Å². The van der Waals surface area contributed by atoms with Gasteiger partial charge in [-0.3, -0.25) is 14.6 Å². The number of piperidine rings is 1. The van der Waals surface area contributed by atoms with Gasteiger partial charge in [0, 0.05) is 38.6 Å². The van der Waals surface area contributed by atoms with Crippen molar-refractivity contribution in [2.24, 2.45) is 5.41 Å². The summed E-state index contributed by atoms with van der Waals surface area (Å²) in [5.74, 6) is -0.123. The van der Waals surface area contributed by atoms with Gasteiger partial charge in [-0.15, -0.1) is 0 Å². The summed E-state index contributed by atoms with van der Waals surface area (Å²) in [7, 11) is 1.52. The van der Waals surface area contributed by atoms with Crippen LogP contribution in [0, 0.1) is 5.41 Å². The summed E-state index contributed by atoms with van der Waals surface area (Å²) in [4.78, 5) is 34.0. The van der Waals surface area contributed by atoms with Crippen LogP contribution in [0.25, 0.3) is 0 Å². The number of hydrogen-bond acceptors (Lipinski definition) is 5. The van der Waals surface area contributed by atoms with Crippen LogP contribution in [0.2, 0.25) is 0 Å². The molecule has 0 bridgehead atoms. The molecule has 1 saturated carbocycles. The van der Waals surface area contributed by atoms with E-state index in [1.54, 1.807) is 6.20 Å². The van der Waals surface area contributed by atoms with Crippen LogP contribution in [-0.4, -0.2) is 59.5 Å². The minimum Gasteiger partial charge on any atom is -0.375 e. The van der Waals surface area contributed by atoms with Crippen molar-refractivity contribution in [3.05, 3.63) is 24.3 Å². The molecule has 1 aliphatic carbocycles. The summed E-state index contributed by atoms with van der Waals surface area (Å²) in [5, 5.41) is 3.06. The lowest BCUT2D eigenvalue weighted by atomic mass is 9.59. The standard InChI is InChI=1S/C16H22N4O3/c1-23-11-14(21)19-13-2-3-16(13)4-8-20(9-5-16)15(22)12-10-17-6-7-18-12/h6-7,10,13H,2-5,8-9,11H2,1H3,(H,19,21). The molecule has 7 nitrogen and oxygen atoms in total. The Kier molecular flexibility index (Phi) is 4.56. The van der Waals surface area contributed by atoms with Gasteiger partial charge in [-0.2, -0.15) is 0 Å². The lowest BCUT2D eigenvalue weighted by molar-refractivity contribution is -0.129. The summed E-state index contributed by atoms with van der Waals surface area (Å²) in [6, 6.07) is 0.207. The quantitative estimate of drug-likeness (QED) is 0.880. The third-order valence-corrected chi connectivity index (χ3v) is 5.11. The van der Waals surface area contributed by atoms with Crippen LogP contribution in [0.5, 0.6) is 0 Å². The van der Waals surface area contributed by atoms with Crippen molar-refractivity contribution < 1.29 is 14.3 Å². The topological polar surface area (TPSA) is 84.4 Å². The summed E-state index contributed by atoms with van der Waals surface area (Å²) in [5.41, 5.74) is 0.532. The van der Waals surface area contributed by atoms with Crippen molar-refractivity contribution >= 4 is 11.8 Å². The first-order valence-electron chi connectivity index (χ1n) is 7.98. The van der Waals surface area contributed by atoms with Gasteiger partial charge in [0.25, 0.3) is 5.91 Å². The smallest absolute Gasteiger partial charge is 0.274 e. The van der Waals surface area contributed by atoms with Crippen LogP contribution in [0.1, 0.15) is 36.2 Å². The van der Waals surface area contributed by atoms with E-state index in [0.717, 1.165) is 25.7 Å². The maximum absolute atomic E-state index is 12.4. The summed E-state index contributed by atoms with van der Waals surface area (Å²) in [6.45, 7) is 1.50. The van der Waals surface area contributed by atoms with Crippen molar-refractivity contribution in [1.29, 1.82) is 0 Å². The molecular formula is C16H22N4O3. The monoisotopic (exact) mass is 318 g/mol. The van der Waals surface area contributed by atoms with Crippen LogP contribution in [0.4, 0.5) is 0 Å². The minimum absolute atomic E-state index is 0.0605. The van der Waals surface area contributed by atoms with Crippen molar-refractivity contribution in [3.8, 4) is 0 Å². The number of nitrogens with zero attached hydrogens (tertiary/aromatic N) is 3. The highest BCUT2D eigenvalue weighted by Crippen LogP contribution is 2.49. The lowest BCUT2D eigenvalue weighted by Gasteiger charge is -2.54. The second-order valence-electron chi connectivity index (χ2n) is 6.34. The average molecular weight is 318 g/mol. The first-order valence-corrected chi connectivity index (χ1v) is 7.98. The zero-order chi connectivity index (χ0) is 16.3. The van der Waals surface area contributed by atoms with Gasteiger partial charge in [-0.1, -0.05) is 0 Å². The van der Waals surface area contributed by atoms with Crippen LogP contribution in [0.3, 0.4) is 0 Å². The molecule has 2 amide bonds. The molecule has 7 heteroatoms. The molecule has 1 aliphatic heterocycles. The first-order chi connectivity index (χ1) is 11.1. The fourth-order valence-corrected chi connectivity index (χ4v) is 3.61. The van der Waals surface area contributed by atoms with E-state index in [2.05, 4.69) is 15.3 Å². The average Bonchev–Trinajstić information content (AvgIpc) is 2.59. The number of hydrogen-bond donors (Lipinski definition) is 1. The Morgan fingerprint density at radius 1 is 1.35 bits per heavy atom. The second kappa shape index (κ2) is 6.62. The highest BCUT2D eigenvalue weighted by molar-refractivity contribution is 5.92. The third kappa shape index (κ3) is 3.19. The molecule has 1 unspecified atom stereocenters. The molecular weight excluding hydrogens is 296 g/mol. The largest absolute Gasteiger partial charge is 0.375 e. The molecule has 1 N–H and O–H groups in total. The number of carbonyl (C=O) groups is 2. The Morgan fingerprint density at radius 3 is 2.70 bits per heavy atom. The zero-order valence-electron chi connectivity index (χ0n) is 13.3. The van der Waals surface area contributed by atoms with E-state index >= 15 is 0 Å². The van der Waals surface area contributed by atoms with Crippen LogP contribution in [-0.2, 0) is 9.53 Å². The Labute approximate surface area is 135 Å². The predicted octanol–water partition coefficient (Wildman–Crippen LogP) is 0.624. The van der Waals surface area contributed by atoms with E-state index in [-0.39, 0.29) is 29.9 Å². The van der Waals surface area contributed by atoms with Gasteiger partial charge >= 0.3 is 0 Å². The normalized spacial score (nSPS) is 22.5. The molecule has 124 valence electrons. The van der Waals surface area contributed by atoms with Crippen molar-refractivity contribution in [1.82, 2.24) is 20.2 Å². The number of carbonyl (C=O) groups excluding carboxylic acids is 2. The molecule has 23 heavy (non-hydrogen) atoms. The van der Waals surface area contributed by atoms with Crippen LogP contribution in [0.15, 0.2) is 18.6 Å². The molecule has 2 fully saturated rings. The van der Waals surface area contributed by atoms with Gasteiger partial charge in [0.15, 0.2) is 0 Å². The fourth-order valence-electron chi connectivity index (χ4n) is 3.61. The molecule has 1 aromatic heterocycles. The van der Waals surface area contributed by atoms with Crippen molar-refractivity contribution in [2.45, 2.75) is 31.7 Å². The van der Waals surface area contributed by atoms with E-state index < -0.39 is 0 Å². The first kappa shape index (κ1) is 15.9. The molecule has 0 radical (unpaired) electrons. The Balaban J connectivity index is 1.56. The van der Waals surface area contributed by atoms with E-state index in [1.807, 2.05) is 4.90 Å². The summed E-state index contributed by atoms with van der Waals surface area (Å²) >= 11 is 0. The number of amides is 2. The lowest BCUT2D eigenvalue weighted by Crippen LogP contribution is -2.60. The van der Waals surface area contributed by atoms with Gasteiger partial charge in [0.1, 0.15) is 12.3 Å². The van der Waals surface area contributed by atoms with Gasteiger partial charge in [-0.25, -0.2) is 4.98 Å². The van der Waals surface area contributed by atoms with Gasteiger partial charge < -0.3 is 15.0 Å². The van der Waals surface area contributed by atoms with E-state index in [4.69, 9.17) is 4.74 Å². The zero-order valence-corrected chi connectivity index (χ0v) is 13.3. The molecule has 0 aromatic carbocycles. The number of likely N-dealkylation sites (tertiary alicyclic amines) is 1. The second-order valence-corrected chi connectivity index (χ2v) is 6.34. The number of nitrogens with one attached hydrogen (secondary N) is 1. The van der Waals surface area contributed by atoms with E-state index in [0.29, 0.717) is 18.8 Å². The van der Waals surface area contributed by atoms with Gasteiger partial charge in [0.05, 0.1) is 6.20 Å².